The van der Waals surface area contributed by atoms with E-state index in [0.29, 0.717) is 5.56 Å². The predicted octanol–water partition coefficient (Wildman–Crippen LogP) is 3.28. The van der Waals surface area contributed by atoms with Crippen molar-refractivity contribution < 1.29 is 18.3 Å². The molecule has 0 radical (unpaired) electrons. The van der Waals surface area contributed by atoms with E-state index >= 15 is 0 Å². The molecule has 1 N–H and O–H groups in total. The number of aliphatic hydroxyl groups is 1. The largest absolute Gasteiger partial charge is 0.416 e. The summed E-state index contributed by atoms with van der Waals surface area (Å²) in [6.45, 7) is 1.50. The first-order chi connectivity index (χ1) is 6.80. The first kappa shape index (κ1) is 12.3. The summed E-state index contributed by atoms with van der Waals surface area (Å²) in [6.07, 6.45) is -4.98. The van der Waals surface area contributed by atoms with Gasteiger partial charge < -0.3 is 5.11 Å². The Morgan fingerprint density at radius 2 is 2.00 bits per heavy atom. The second-order valence-electron chi connectivity index (χ2n) is 3.36. The molecule has 0 saturated carbocycles. The van der Waals surface area contributed by atoms with Crippen molar-refractivity contribution in [3.63, 3.8) is 0 Å². The Hall–Kier alpha value is -0.740. The number of benzene rings is 1. The van der Waals surface area contributed by atoms with Gasteiger partial charge in [0.15, 0.2) is 0 Å². The van der Waals surface area contributed by atoms with E-state index in [1.807, 2.05) is 0 Å². The molecular formula is C10H10ClF3O. The molecule has 1 rings (SSSR count). The first-order valence-corrected chi connectivity index (χ1v) is 4.72. The van der Waals surface area contributed by atoms with Crippen molar-refractivity contribution in [1.29, 1.82) is 0 Å². The molecule has 0 heterocycles. The number of hydrogen-bond acceptors (Lipinski definition) is 1. The van der Waals surface area contributed by atoms with E-state index in [-0.39, 0.29) is 11.4 Å². The molecule has 1 aromatic rings. The standard InChI is InChI=1S/C10H10ClF3O/c1-6(15)4-7-5-8(10(12,13)14)2-3-9(7)11/h2-3,5-6,15H,4H2,1H3. The van der Waals surface area contributed by atoms with Crippen LogP contribution >= 0.6 is 11.6 Å². The van der Waals surface area contributed by atoms with Gasteiger partial charge in [0.2, 0.25) is 0 Å². The quantitative estimate of drug-likeness (QED) is 0.838. The van der Waals surface area contributed by atoms with Crippen molar-refractivity contribution in [2.24, 2.45) is 0 Å². The van der Waals surface area contributed by atoms with Crippen molar-refractivity contribution in [1.82, 2.24) is 0 Å². The van der Waals surface area contributed by atoms with Gasteiger partial charge >= 0.3 is 6.18 Å². The molecular weight excluding hydrogens is 229 g/mol. The number of aliphatic hydroxyl groups excluding tert-OH is 1. The van der Waals surface area contributed by atoms with E-state index < -0.39 is 17.8 Å². The van der Waals surface area contributed by atoms with Crippen LogP contribution in [0.5, 0.6) is 0 Å². The van der Waals surface area contributed by atoms with Crippen LogP contribution in [0.1, 0.15) is 18.1 Å². The van der Waals surface area contributed by atoms with Crippen molar-refractivity contribution in [2.75, 3.05) is 0 Å². The summed E-state index contributed by atoms with van der Waals surface area (Å²) in [5.74, 6) is 0. The van der Waals surface area contributed by atoms with E-state index in [1.165, 1.54) is 13.0 Å². The van der Waals surface area contributed by atoms with Gasteiger partial charge in [0.05, 0.1) is 11.7 Å². The third-order valence-electron chi connectivity index (χ3n) is 1.89. The van der Waals surface area contributed by atoms with Crippen molar-refractivity contribution in [2.45, 2.75) is 25.6 Å². The van der Waals surface area contributed by atoms with Crippen LogP contribution in [-0.4, -0.2) is 11.2 Å². The molecule has 1 unspecified atom stereocenters. The Bertz CT molecular complexity index is 347. The lowest BCUT2D eigenvalue weighted by atomic mass is 10.1. The van der Waals surface area contributed by atoms with Crippen molar-refractivity contribution in [3.05, 3.63) is 34.3 Å². The zero-order valence-electron chi connectivity index (χ0n) is 7.98. The Balaban J connectivity index is 3.06. The van der Waals surface area contributed by atoms with Crippen LogP contribution in [0.2, 0.25) is 5.02 Å². The van der Waals surface area contributed by atoms with E-state index in [2.05, 4.69) is 0 Å². The summed E-state index contributed by atoms with van der Waals surface area (Å²) in [5.41, 5.74) is -0.441. The zero-order valence-corrected chi connectivity index (χ0v) is 8.73. The van der Waals surface area contributed by atoms with Gasteiger partial charge in [-0.2, -0.15) is 13.2 Å². The van der Waals surface area contributed by atoms with E-state index in [4.69, 9.17) is 16.7 Å². The van der Waals surface area contributed by atoms with Gasteiger partial charge in [-0.15, -0.1) is 0 Å². The van der Waals surface area contributed by atoms with Crippen LogP contribution in [0.3, 0.4) is 0 Å². The van der Waals surface area contributed by atoms with E-state index in [0.717, 1.165) is 12.1 Å². The minimum atomic E-state index is -4.38. The first-order valence-electron chi connectivity index (χ1n) is 4.34. The molecule has 84 valence electrons. The highest BCUT2D eigenvalue weighted by Crippen LogP contribution is 2.32. The summed E-state index contributed by atoms with van der Waals surface area (Å²) in [5, 5.41) is 9.32. The smallest absolute Gasteiger partial charge is 0.393 e. The minimum absolute atomic E-state index is 0.114. The molecule has 0 aromatic heterocycles. The highest BCUT2D eigenvalue weighted by Gasteiger charge is 2.30. The lowest BCUT2D eigenvalue weighted by molar-refractivity contribution is -0.137. The molecule has 0 bridgehead atoms. The third kappa shape index (κ3) is 3.39. The number of rotatable bonds is 2. The van der Waals surface area contributed by atoms with Crippen LogP contribution in [0, 0.1) is 0 Å². The van der Waals surface area contributed by atoms with Gasteiger partial charge in [0.1, 0.15) is 0 Å². The van der Waals surface area contributed by atoms with E-state index in [1.54, 1.807) is 0 Å². The lowest BCUT2D eigenvalue weighted by Crippen LogP contribution is -2.09. The van der Waals surface area contributed by atoms with Crippen LogP contribution in [0.4, 0.5) is 13.2 Å². The van der Waals surface area contributed by atoms with Crippen molar-refractivity contribution in [3.8, 4) is 0 Å². The fraction of sp³-hybridized carbons (Fsp3) is 0.400. The molecule has 0 aliphatic heterocycles. The maximum atomic E-state index is 12.3. The highest BCUT2D eigenvalue weighted by atomic mass is 35.5. The number of halogens is 4. The normalized spacial score (nSPS) is 14.0. The van der Waals surface area contributed by atoms with Crippen LogP contribution in [0.25, 0.3) is 0 Å². The maximum Gasteiger partial charge on any atom is 0.416 e. The van der Waals surface area contributed by atoms with E-state index in [9.17, 15) is 13.2 Å². The molecule has 0 aliphatic rings. The maximum absolute atomic E-state index is 12.3. The fourth-order valence-corrected chi connectivity index (χ4v) is 1.42. The van der Waals surface area contributed by atoms with Crippen LogP contribution in [0.15, 0.2) is 18.2 Å². The summed E-state index contributed by atoms with van der Waals surface area (Å²) in [6, 6.07) is 3.09. The van der Waals surface area contributed by atoms with Crippen molar-refractivity contribution >= 4 is 11.6 Å². The average molecular weight is 239 g/mol. The molecule has 1 atom stereocenters. The Kier molecular flexibility index (Phi) is 3.62. The molecule has 0 fully saturated rings. The highest BCUT2D eigenvalue weighted by molar-refractivity contribution is 6.31. The molecule has 0 saturated heterocycles. The fourth-order valence-electron chi connectivity index (χ4n) is 1.23. The average Bonchev–Trinajstić information content (AvgIpc) is 2.06. The zero-order chi connectivity index (χ0) is 11.6. The van der Waals surface area contributed by atoms with Gasteiger partial charge in [0, 0.05) is 5.02 Å². The minimum Gasteiger partial charge on any atom is -0.393 e. The molecule has 0 spiro atoms. The van der Waals surface area contributed by atoms with Gasteiger partial charge in [-0.05, 0) is 37.1 Å². The van der Waals surface area contributed by atoms with Crippen LogP contribution in [-0.2, 0) is 12.6 Å². The monoisotopic (exact) mass is 238 g/mol. The molecule has 1 aromatic carbocycles. The lowest BCUT2D eigenvalue weighted by Gasteiger charge is -2.11. The number of alkyl halides is 3. The Morgan fingerprint density at radius 1 is 1.40 bits per heavy atom. The third-order valence-corrected chi connectivity index (χ3v) is 2.26. The topological polar surface area (TPSA) is 20.2 Å². The van der Waals surface area contributed by atoms with Gasteiger partial charge in [-0.25, -0.2) is 0 Å². The molecule has 0 amide bonds. The van der Waals surface area contributed by atoms with Gasteiger partial charge in [-0.3, -0.25) is 0 Å². The summed E-state index contributed by atoms with van der Waals surface area (Å²) in [7, 11) is 0. The SMILES string of the molecule is CC(O)Cc1cc(C(F)(F)F)ccc1Cl. The molecule has 5 heteroatoms. The second kappa shape index (κ2) is 4.41. The molecule has 15 heavy (non-hydrogen) atoms. The summed E-state index contributed by atoms with van der Waals surface area (Å²) < 4.78 is 37.0. The van der Waals surface area contributed by atoms with Crippen LogP contribution < -0.4 is 0 Å². The Labute approximate surface area is 90.5 Å². The summed E-state index contributed by atoms with van der Waals surface area (Å²) in [4.78, 5) is 0. The van der Waals surface area contributed by atoms with Gasteiger partial charge in [-0.1, -0.05) is 11.6 Å². The second-order valence-corrected chi connectivity index (χ2v) is 3.76. The molecule has 1 nitrogen and oxygen atoms in total. The Morgan fingerprint density at radius 3 is 2.47 bits per heavy atom. The number of hydrogen-bond donors (Lipinski definition) is 1. The molecule has 0 aliphatic carbocycles. The van der Waals surface area contributed by atoms with Gasteiger partial charge in [0.25, 0.3) is 0 Å². The summed E-state index contributed by atoms with van der Waals surface area (Å²) >= 11 is 5.71. The predicted molar refractivity (Wildman–Crippen MR) is 51.8 cm³/mol.